The van der Waals surface area contributed by atoms with E-state index in [1.54, 1.807) is 6.34 Å². The van der Waals surface area contributed by atoms with E-state index in [0.29, 0.717) is 26.1 Å². The van der Waals surface area contributed by atoms with Gasteiger partial charge in [0.2, 0.25) is 0 Å². The van der Waals surface area contributed by atoms with Gasteiger partial charge in [0.05, 0.1) is 25.4 Å². The van der Waals surface area contributed by atoms with Crippen LogP contribution in [0, 0.1) is 18.3 Å². The molecule has 1 heterocycles. The maximum Gasteiger partial charge on any atom is 0.312 e. The van der Waals surface area contributed by atoms with Crippen molar-refractivity contribution >= 4 is 12.3 Å². The van der Waals surface area contributed by atoms with E-state index in [1.807, 2.05) is 0 Å². The molecule has 0 amide bonds. The molecular formula is C10H14N2O2. The first kappa shape index (κ1) is 10.6. The standard InChI is InChI=1S/C10H14N2O2/c1-2-3-4-5-14-10(13)9-6-11-8-12-7-9/h1,8-9H,3-7H2,(H,11,12). The number of aliphatic imine (C=N–C) groups is 1. The minimum absolute atomic E-state index is 0.147. The number of carbonyl (C=O) groups is 1. The van der Waals surface area contributed by atoms with Crippen LogP contribution in [0.3, 0.4) is 0 Å². The monoisotopic (exact) mass is 194 g/mol. The highest BCUT2D eigenvalue weighted by Crippen LogP contribution is 2.03. The lowest BCUT2D eigenvalue weighted by Gasteiger charge is -2.16. The van der Waals surface area contributed by atoms with Crippen LogP contribution in [0.15, 0.2) is 4.99 Å². The third-order valence-electron chi connectivity index (χ3n) is 1.92. The van der Waals surface area contributed by atoms with E-state index in [4.69, 9.17) is 11.2 Å². The molecule has 1 atom stereocenters. The van der Waals surface area contributed by atoms with E-state index < -0.39 is 0 Å². The van der Waals surface area contributed by atoms with E-state index in [-0.39, 0.29) is 11.9 Å². The van der Waals surface area contributed by atoms with Gasteiger partial charge >= 0.3 is 5.97 Å². The fraction of sp³-hybridized carbons (Fsp3) is 0.600. The lowest BCUT2D eigenvalue weighted by atomic mass is 10.1. The highest BCUT2D eigenvalue weighted by atomic mass is 16.5. The predicted molar refractivity (Wildman–Crippen MR) is 53.9 cm³/mol. The Labute approximate surface area is 83.7 Å². The van der Waals surface area contributed by atoms with Crippen molar-refractivity contribution in [1.82, 2.24) is 5.32 Å². The number of rotatable bonds is 4. The van der Waals surface area contributed by atoms with Crippen LogP contribution in [0.4, 0.5) is 0 Å². The molecule has 0 spiro atoms. The lowest BCUT2D eigenvalue weighted by Crippen LogP contribution is -2.35. The first-order valence-electron chi connectivity index (χ1n) is 4.66. The molecule has 0 saturated carbocycles. The first-order valence-corrected chi connectivity index (χ1v) is 4.66. The van der Waals surface area contributed by atoms with Crippen LogP contribution in [0.2, 0.25) is 0 Å². The van der Waals surface area contributed by atoms with Gasteiger partial charge < -0.3 is 10.1 Å². The molecule has 0 aromatic heterocycles. The molecule has 0 saturated heterocycles. The predicted octanol–water partition coefficient (Wildman–Crippen LogP) is 0.191. The average molecular weight is 194 g/mol. The van der Waals surface area contributed by atoms with E-state index >= 15 is 0 Å². The van der Waals surface area contributed by atoms with Crippen molar-refractivity contribution in [3.63, 3.8) is 0 Å². The number of nitrogens with one attached hydrogen (secondary N) is 1. The van der Waals surface area contributed by atoms with Gasteiger partial charge in [0.1, 0.15) is 0 Å². The summed E-state index contributed by atoms with van der Waals surface area (Å²) < 4.78 is 5.04. The maximum atomic E-state index is 11.4. The Morgan fingerprint density at radius 1 is 1.79 bits per heavy atom. The van der Waals surface area contributed by atoms with Gasteiger partial charge in [-0.3, -0.25) is 9.79 Å². The summed E-state index contributed by atoms with van der Waals surface area (Å²) in [4.78, 5) is 15.3. The molecule has 0 bridgehead atoms. The summed E-state index contributed by atoms with van der Waals surface area (Å²) in [7, 11) is 0. The van der Waals surface area contributed by atoms with Gasteiger partial charge in [-0.2, -0.15) is 0 Å². The molecule has 1 N–H and O–H groups in total. The van der Waals surface area contributed by atoms with E-state index in [2.05, 4.69) is 16.2 Å². The normalized spacial score (nSPS) is 19.5. The van der Waals surface area contributed by atoms with Crippen LogP contribution in [0.5, 0.6) is 0 Å². The zero-order valence-electron chi connectivity index (χ0n) is 8.03. The third kappa shape index (κ3) is 3.48. The van der Waals surface area contributed by atoms with Crippen LogP contribution in [0.1, 0.15) is 12.8 Å². The molecule has 0 aromatic carbocycles. The van der Waals surface area contributed by atoms with Gasteiger partial charge in [-0.25, -0.2) is 0 Å². The quantitative estimate of drug-likeness (QED) is 0.395. The molecule has 0 radical (unpaired) electrons. The molecule has 0 aromatic rings. The molecule has 1 aliphatic heterocycles. The number of terminal acetylenes is 1. The van der Waals surface area contributed by atoms with Crippen LogP contribution >= 0.6 is 0 Å². The zero-order valence-corrected chi connectivity index (χ0v) is 8.03. The smallest absolute Gasteiger partial charge is 0.312 e. The second-order valence-corrected chi connectivity index (χ2v) is 3.07. The number of hydrogen-bond acceptors (Lipinski definition) is 4. The summed E-state index contributed by atoms with van der Waals surface area (Å²) in [5, 5.41) is 2.89. The van der Waals surface area contributed by atoms with Crippen LogP contribution in [-0.2, 0) is 9.53 Å². The Kier molecular flexibility index (Phi) is 4.56. The molecule has 1 aliphatic rings. The maximum absolute atomic E-state index is 11.4. The molecule has 1 unspecified atom stereocenters. The SMILES string of the molecule is C#CCCCOC(=O)C1CN=CNC1. The van der Waals surface area contributed by atoms with Gasteiger partial charge in [-0.1, -0.05) is 0 Å². The van der Waals surface area contributed by atoms with Gasteiger partial charge in [-0.15, -0.1) is 12.3 Å². The van der Waals surface area contributed by atoms with Crippen molar-refractivity contribution in [3.8, 4) is 12.3 Å². The van der Waals surface area contributed by atoms with Crippen molar-refractivity contribution in [2.75, 3.05) is 19.7 Å². The summed E-state index contributed by atoms with van der Waals surface area (Å²) in [6, 6.07) is 0. The molecule has 0 fully saturated rings. The molecule has 1 rings (SSSR count). The number of esters is 1. The van der Waals surface area contributed by atoms with Gasteiger partial charge in [0.25, 0.3) is 0 Å². The summed E-state index contributed by atoms with van der Waals surface area (Å²) in [5.41, 5.74) is 0. The van der Waals surface area contributed by atoms with Crippen molar-refractivity contribution < 1.29 is 9.53 Å². The molecule has 76 valence electrons. The van der Waals surface area contributed by atoms with Crippen molar-refractivity contribution in [2.24, 2.45) is 10.9 Å². The van der Waals surface area contributed by atoms with Gasteiger partial charge in [0.15, 0.2) is 0 Å². The molecular weight excluding hydrogens is 180 g/mol. The Morgan fingerprint density at radius 3 is 3.29 bits per heavy atom. The summed E-state index contributed by atoms with van der Waals surface area (Å²) in [6.45, 7) is 1.53. The topological polar surface area (TPSA) is 50.7 Å². The summed E-state index contributed by atoms with van der Waals surface area (Å²) in [5.74, 6) is 2.16. The number of carbonyl (C=O) groups excluding carboxylic acids is 1. The first-order chi connectivity index (χ1) is 6.84. The average Bonchev–Trinajstić information content (AvgIpc) is 2.25. The summed E-state index contributed by atoms with van der Waals surface area (Å²) >= 11 is 0. The Hall–Kier alpha value is -1.50. The minimum Gasteiger partial charge on any atom is -0.465 e. The molecule has 4 heteroatoms. The van der Waals surface area contributed by atoms with Crippen molar-refractivity contribution in [3.05, 3.63) is 0 Å². The van der Waals surface area contributed by atoms with Crippen LogP contribution < -0.4 is 5.32 Å². The minimum atomic E-state index is -0.189. The van der Waals surface area contributed by atoms with E-state index in [1.165, 1.54) is 0 Å². The second kappa shape index (κ2) is 6.03. The second-order valence-electron chi connectivity index (χ2n) is 3.07. The molecule has 0 aliphatic carbocycles. The lowest BCUT2D eigenvalue weighted by molar-refractivity contribution is -0.148. The van der Waals surface area contributed by atoms with Gasteiger partial charge in [-0.05, 0) is 6.42 Å². The van der Waals surface area contributed by atoms with Crippen LogP contribution in [-0.4, -0.2) is 32.0 Å². The number of unbranched alkanes of at least 4 members (excludes halogenated alkanes) is 1. The highest BCUT2D eigenvalue weighted by Gasteiger charge is 2.20. The fourth-order valence-corrected chi connectivity index (χ4v) is 1.13. The number of hydrogen-bond donors (Lipinski definition) is 1. The Balaban J connectivity index is 2.15. The van der Waals surface area contributed by atoms with E-state index in [9.17, 15) is 4.79 Å². The Bertz CT molecular complexity index is 255. The van der Waals surface area contributed by atoms with Crippen molar-refractivity contribution in [1.29, 1.82) is 0 Å². The van der Waals surface area contributed by atoms with Crippen molar-refractivity contribution in [2.45, 2.75) is 12.8 Å². The van der Waals surface area contributed by atoms with Crippen LogP contribution in [0.25, 0.3) is 0 Å². The van der Waals surface area contributed by atoms with Gasteiger partial charge in [0, 0.05) is 13.0 Å². The third-order valence-corrected chi connectivity index (χ3v) is 1.92. The molecule has 14 heavy (non-hydrogen) atoms. The number of nitrogens with zero attached hydrogens (tertiary/aromatic N) is 1. The Morgan fingerprint density at radius 2 is 2.64 bits per heavy atom. The van der Waals surface area contributed by atoms with E-state index in [0.717, 1.165) is 6.42 Å². The molecule has 4 nitrogen and oxygen atoms in total. The number of ether oxygens (including phenoxy) is 1. The summed E-state index contributed by atoms with van der Waals surface area (Å²) in [6.07, 6.45) is 8.06. The highest BCUT2D eigenvalue weighted by molar-refractivity contribution is 5.74. The zero-order chi connectivity index (χ0) is 10.2. The largest absolute Gasteiger partial charge is 0.465 e. The fourth-order valence-electron chi connectivity index (χ4n) is 1.13.